The van der Waals surface area contributed by atoms with Crippen LogP contribution in [0, 0.1) is 0 Å². The van der Waals surface area contributed by atoms with Crippen LogP contribution in [0.1, 0.15) is 5.56 Å². The fourth-order valence-electron chi connectivity index (χ4n) is 3.13. The third-order valence-electron chi connectivity index (χ3n) is 4.64. The summed E-state index contributed by atoms with van der Waals surface area (Å²) in [5, 5.41) is 3.83. The van der Waals surface area contributed by atoms with E-state index in [9.17, 15) is 9.59 Å². The molecule has 0 saturated heterocycles. The molecule has 0 fully saturated rings. The molecule has 1 heterocycles. The van der Waals surface area contributed by atoms with Crippen LogP contribution in [-0.2, 0) is 16.1 Å². The summed E-state index contributed by atoms with van der Waals surface area (Å²) in [7, 11) is 0. The first-order valence-corrected chi connectivity index (χ1v) is 10.2. The average molecular weight is 457 g/mol. The molecule has 4 rings (SSSR count). The smallest absolute Gasteiger partial charge is 0.265 e. The minimum absolute atomic E-state index is 0.0437. The van der Waals surface area contributed by atoms with Crippen LogP contribution in [0.25, 0.3) is 0 Å². The van der Waals surface area contributed by atoms with Gasteiger partial charge in [-0.15, -0.1) is 0 Å². The van der Waals surface area contributed by atoms with Gasteiger partial charge in [0.25, 0.3) is 11.8 Å². The van der Waals surface area contributed by atoms with Crippen molar-refractivity contribution in [3.63, 3.8) is 0 Å². The normalized spacial score (nSPS) is 12.7. The SMILES string of the molecule is O=C(COc1ccccc1Cl)Nc1ccc2c(c1)N(Cc1ccc(Cl)cc1)C(=O)CO2. The van der Waals surface area contributed by atoms with E-state index in [1.165, 1.54) is 0 Å². The van der Waals surface area contributed by atoms with E-state index in [-0.39, 0.29) is 25.0 Å². The Balaban J connectivity index is 1.47. The fourth-order valence-corrected chi connectivity index (χ4v) is 3.44. The van der Waals surface area contributed by atoms with Crippen molar-refractivity contribution in [2.24, 2.45) is 0 Å². The monoisotopic (exact) mass is 456 g/mol. The molecule has 3 aromatic rings. The third kappa shape index (κ3) is 5.10. The molecule has 0 aromatic heterocycles. The van der Waals surface area contributed by atoms with Crippen molar-refractivity contribution in [3.05, 3.63) is 82.3 Å². The van der Waals surface area contributed by atoms with Crippen molar-refractivity contribution in [1.29, 1.82) is 0 Å². The Hall–Kier alpha value is -3.22. The summed E-state index contributed by atoms with van der Waals surface area (Å²) in [6, 6.07) is 19.3. The molecular weight excluding hydrogens is 439 g/mol. The number of carbonyl (C=O) groups excluding carboxylic acids is 2. The lowest BCUT2D eigenvalue weighted by molar-refractivity contribution is -0.121. The molecule has 0 spiro atoms. The number of hydrogen-bond acceptors (Lipinski definition) is 4. The van der Waals surface area contributed by atoms with E-state index >= 15 is 0 Å². The highest BCUT2D eigenvalue weighted by atomic mass is 35.5. The van der Waals surface area contributed by atoms with Gasteiger partial charge in [0.05, 0.1) is 17.3 Å². The maximum Gasteiger partial charge on any atom is 0.265 e. The Morgan fingerprint density at radius 3 is 2.61 bits per heavy atom. The number of halogens is 2. The van der Waals surface area contributed by atoms with Crippen LogP contribution < -0.4 is 19.7 Å². The van der Waals surface area contributed by atoms with E-state index in [1.807, 2.05) is 12.1 Å². The summed E-state index contributed by atoms with van der Waals surface area (Å²) < 4.78 is 11.0. The Morgan fingerprint density at radius 2 is 1.84 bits per heavy atom. The molecule has 0 saturated carbocycles. The van der Waals surface area contributed by atoms with E-state index < -0.39 is 0 Å². The van der Waals surface area contributed by atoms with Crippen LogP contribution in [0.2, 0.25) is 10.0 Å². The molecule has 0 bridgehead atoms. The average Bonchev–Trinajstić information content (AvgIpc) is 2.76. The van der Waals surface area contributed by atoms with Crippen LogP contribution in [0.4, 0.5) is 11.4 Å². The Morgan fingerprint density at radius 1 is 1.06 bits per heavy atom. The number of anilines is 2. The van der Waals surface area contributed by atoms with Crippen molar-refractivity contribution in [2.45, 2.75) is 6.54 Å². The van der Waals surface area contributed by atoms with Gasteiger partial charge in [-0.05, 0) is 48.0 Å². The van der Waals surface area contributed by atoms with E-state index in [2.05, 4.69) is 5.32 Å². The van der Waals surface area contributed by atoms with Gasteiger partial charge in [-0.25, -0.2) is 0 Å². The molecule has 0 atom stereocenters. The maximum absolute atomic E-state index is 12.5. The predicted molar refractivity (Wildman–Crippen MR) is 120 cm³/mol. The Bertz CT molecular complexity index is 1120. The quantitative estimate of drug-likeness (QED) is 0.570. The minimum atomic E-state index is -0.354. The number of fused-ring (bicyclic) bond motifs is 1. The van der Waals surface area contributed by atoms with Crippen LogP contribution in [0.15, 0.2) is 66.7 Å². The van der Waals surface area contributed by atoms with Crippen molar-refractivity contribution >= 4 is 46.4 Å². The number of para-hydroxylation sites is 1. The van der Waals surface area contributed by atoms with Gasteiger partial charge < -0.3 is 19.7 Å². The first kappa shape index (κ1) is 21.0. The van der Waals surface area contributed by atoms with Crippen LogP contribution >= 0.6 is 23.2 Å². The zero-order valence-corrected chi connectivity index (χ0v) is 17.8. The Kier molecular flexibility index (Phi) is 6.30. The molecule has 1 N–H and O–H groups in total. The summed E-state index contributed by atoms with van der Waals surface area (Å²) in [6.07, 6.45) is 0. The molecule has 0 unspecified atom stereocenters. The molecule has 3 aromatic carbocycles. The zero-order valence-electron chi connectivity index (χ0n) is 16.3. The van der Waals surface area contributed by atoms with Gasteiger partial charge in [-0.1, -0.05) is 47.5 Å². The third-order valence-corrected chi connectivity index (χ3v) is 5.20. The summed E-state index contributed by atoms with van der Waals surface area (Å²) in [5.74, 6) is 0.469. The number of rotatable bonds is 6. The highest BCUT2D eigenvalue weighted by Crippen LogP contribution is 2.35. The molecule has 1 aliphatic heterocycles. The lowest BCUT2D eigenvalue weighted by atomic mass is 10.1. The summed E-state index contributed by atoms with van der Waals surface area (Å²) in [4.78, 5) is 26.5. The molecule has 158 valence electrons. The van der Waals surface area contributed by atoms with E-state index in [1.54, 1.807) is 59.5 Å². The first-order chi connectivity index (χ1) is 15.0. The number of ether oxygens (including phenoxy) is 2. The van der Waals surface area contributed by atoms with Gasteiger partial charge >= 0.3 is 0 Å². The maximum atomic E-state index is 12.5. The second kappa shape index (κ2) is 9.29. The minimum Gasteiger partial charge on any atom is -0.482 e. The molecular formula is C23H18Cl2N2O4. The number of nitrogens with zero attached hydrogens (tertiary/aromatic N) is 1. The van der Waals surface area contributed by atoms with Gasteiger partial charge in [-0.2, -0.15) is 0 Å². The van der Waals surface area contributed by atoms with Gasteiger partial charge in [0.1, 0.15) is 11.5 Å². The van der Waals surface area contributed by atoms with Crippen molar-refractivity contribution in [3.8, 4) is 11.5 Å². The van der Waals surface area contributed by atoms with E-state index in [0.717, 1.165) is 5.56 Å². The van der Waals surface area contributed by atoms with Gasteiger partial charge in [0.2, 0.25) is 0 Å². The van der Waals surface area contributed by atoms with Gasteiger partial charge in [-0.3, -0.25) is 9.59 Å². The van der Waals surface area contributed by atoms with Crippen molar-refractivity contribution < 1.29 is 19.1 Å². The van der Waals surface area contributed by atoms with Crippen LogP contribution in [-0.4, -0.2) is 25.0 Å². The first-order valence-electron chi connectivity index (χ1n) is 9.48. The molecule has 2 amide bonds. The summed E-state index contributed by atoms with van der Waals surface area (Å²) in [6.45, 7) is 0.113. The molecule has 1 aliphatic rings. The summed E-state index contributed by atoms with van der Waals surface area (Å²) in [5.41, 5.74) is 2.02. The van der Waals surface area contributed by atoms with Gasteiger partial charge in [0, 0.05) is 10.7 Å². The van der Waals surface area contributed by atoms with E-state index in [4.69, 9.17) is 32.7 Å². The largest absolute Gasteiger partial charge is 0.482 e. The number of amides is 2. The van der Waals surface area contributed by atoms with Crippen molar-refractivity contribution in [2.75, 3.05) is 23.4 Å². The van der Waals surface area contributed by atoms with Gasteiger partial charge in [0.15, 0.2) is 13.2 Å². The van der Waals surface area contributed by atoms with Crippen LogP contribution in [0.3, 0.4) is 0 Å². The molecule has 8 heteroatoms. The number of hydrogen-bond donors (Lipinski definition) is 1. The molecule has 31 heavy (non-hydrogen) atoms. The highest BCUT2D eigenvalue weighted by Gasteiger charge is 2.26. The highest BCUT2D eigenvalue weighted by molar-refractivity contribution is 6.32. The molecule has 0 aliphatic carbocycles. The molecule has 0 radical (unpaired) electrons. The lowest BCUT2D eigenvalue weighted by Gasteiger charge is -2.30. The lowest BCUT2D eigenvalue weighted by Crippen LogP contribution is -2.38. The second-order valence-electron chi connectivity index (χ2n) is 6.84. The number of nitrogens with one attached hydrogen (secondary N) is 1. The molecule has 6 nitrogen and oxygen atoms in total. The Labute approximate surface area is 189 Å². The fraction of sp³-hybridized carbons (Fsp3) is 0.130. The second-order valence-corrected chi connectivity index (χ2v) is 7.69. The topological polar surface area (TPSA) is 67.9 Å². The summed E-state index contributed by atoms with van der Waals surface area (Å²) >= 11 is 12.0. The standard InChI is InChI=1S/C23H18Cl2N2O4/c24-16-7-5-15(6-8-16)12-27-19-11-17(9-10-21(19)31-14-23(27)29)26-22(28)13-30-20-4-2-1-3-18(20)25/h1-11H,12-14H2,(H,26,28). The van der Waals surface area contributed by atoms with Crippen molar-refractivity contribution in [1.82, 2.24) is 0 Å². The number of benzene rings is 3. The predicted octanol–water partition coefficient (Wildman–Crippen LogP) is 4.94. The van der Waals surface area contributed by atoms with E-state index in [0.29, 0.717) is 39.5 Å². The number of carbonyl (C=O) groups is 2. The zero-order chi connectivity index (χ0) is 21.8. The van der Waals surface area contributed by atoms with Crippen LogP contribution in [0.5, 0.6) is 11.5 Å².